The van der Waals surface area contributed by atoms with E-state index in [2.05, 4.69) is 10.3 Å². The number of aliphatic hydroxyl groups is 1. The topological polar surface area (TPSA) is 105 Å². The number of hydrogen-bond acceptors (Lipinski definition) is 5. The highest BCUT2D eigenvalue weighted by molar-refractivity contribution is 6.32. The van der Waals surface area contributed by atoms with Crippen molar-refractivity contribution in [3.8, 4) is 0 Å². The number of rotatable bonds is 5. The van der Waals surface area contributed by atoms with Crippen molar-refractivity contribution in [2.24, 2.45) is 5.41 Å². The number of carbonyl (C=O) groups excluding carboxylic acids is 1. The van der Waals surface area contributed by atoms with E-state index in [0.29, 0.717) is 6.42 Å². The summed E-state index contributed by atoms with van der Waals surface area (Å²) in [5.74, 6) is -0.551. The molecule has 1 atom stereocenters. The van der Waals surface area contributed by atoms with Gasteiger partial charge in [0.2, 0.25) is 0 Å². The van der Waals surface area contributed by atoms with Crippen molar-refractivity contribution in [2.45, 2.75) is 33.2 Å². The van der Waals surface area contributed by atoms with Crippen molar-refractivity contribution in [1.82, 2.24) is 10.3 Å². The molecule has 0 bridgehead atoms. The predicted octanol–water partition coefficient (Wildman–Crippen LogP) is 2.17. The minimum atomic E-state index is -0.644. The zero-order valence-corrected chi connectivity index (χ0v) is 12.8. The lowest BCUT2D eigenvalue weighted by Crippen LogP contribution is -2.44. The predicted molar refractivity (Wildman–Crippen MR) is 78.3 cm³/mol. The standard InChI is InChI=1S/C13H18ClN3O4/c1-13(2,3)10(4-5-18)16-12(19)9-6-8(17(20)21)7-15-11(9)14/h6-7,10,18H,4-5H2,1-3H3,(H,16,19). The average molecular weight is 316 g/mol. The molecule has 21 heavy (non-hydrogen) atoms. The first kappa shape index (κ1) is 17.3. The maximum atomic E-state index is 12.2. The molecule has 0 saturated heterocycles. The molecule has 0 radical (unpaired) electrons. The number of hydrogen-bond donors (Lipinski definition) is 2. The Labute approximate surface area is 127 Å². The van der Waals surface area contributed by atoms with Crippen molar-refractivity contribution >= 4 is 23.2 Å². The van der Waals surface area contributed by atoms with Gasteiger partial charge < -0.3 is 10.4 Å². The molecule has 7 nitrogen and oxygen atoms in total. The number of nitrogens with one attached hydrogen (secondary N) is 1. The minimum absolute atomic E-state index is 0.0574. The van der Waals surface area contributed by atoms with E-state index in [-0.39, 0.29) is 34.5 Å². The smallest absolute Gasteiger partial charge is 0.288 e. The first-order valence-electron chi connectivity index (χ1n) is 6.38. The largest absolute Gasteiger partial charge is 0.396 e. The zero-order chi connectivity index (χ0) is 16.2. The van der Waals surface area contributed by atoms with Gasteiger partial charge in [-0.25, -0.2) is 4.98 Å². The van der Waals surface area contributed by atoms with Crippen LogP contribution in [0.2, 0.25) is 5.15 Å². The lowest BCUT2D eigenvalue weighted by atomic mass is 9.85. The van der Waals surface area contributed by atoms with Gasteiger partial charge in [0.15, 0.2) is 0 Å². The normalized spacial score (nSPS) is 12.8. The molecule has 0 aliphatic rings. The Bertz CT molecular complexity index is 543. The van der Waals surface area contributed by atoms with Gasteiger partial charge in [-0.15, -0.1) is 0 Å². The van der Waals surface area contributed by atoms with Crippen LogP contribution in [0.4, 0.5) is 5.69 Å². The molecule has 0 aliphatic heterocycles. The molecule has 0 aromatic carbocycles. The van der Waals surface area contributed by atoms with Gasteiger partial charge in [0.05, 0.1) is 10.5 Å². The molecule has 2 N–H and O–H groups in total. The Hall–Kier alpha value is -1.73. The van der Waals surface area contributed by atoms with Crippen molar-refractivity contribution in [1.29, 1.82) is 0 Å². The monoisotopic (exact) mass is 315 g/mol. The lowest BCUT2D eigenvalue weighted by Gasteiger charge is -2.31. The van der Waals surface area contributed by atoms with E-state index in [4.69, 9.17) is 16.7 Å². The first-order valence-corrected chi connectivity index (χ1v) is 6.76. The van der Waals surface area contributed by atoms with Crippen molar-refractivity contribution in [2.75, 3.05) is 6.61 Å². The molecule has 116 valence electrons. The molecule has 0 spiro atoms. The van der Waals surface area contributed by atoms with E-state index in [9.17, 15) is 14.9 Å². The van der Waals surface area contributed by atoms with Crippen LogP contribution in [-0.2, 0) is 0 Å². The fourth-order valence-corrected chi connectivity index (χ4v) is 1.97. The quantitative estimate of drug-likeness (QED) is 0.492. The molecular formula is C13H18ClN3O4. The number of aliphatic hydroxyl groups excluding tert-OH is 1. The number of aromatic nitrogens is 1. The minimum Gasteiger partial charge on any atom is -0.396 e. The van der Waals surface area contributed by atoms with Gasteiger partial charge in [-0.3, -0.25) is 14.9 Å². The average Bonchev–Trinajstić information content (AvgIpc) is 2.37. The molecule has 0 fully saturated rings. The highest BCUT2D eigenvalue weighted by Gasteiger charge is 2.27. The Morgan fingerprint density at radius 3 is 2.67 bits per heavy atom. The first-order chi connectivity index (χ1) is 9.66. The number of amides is 1. The summed E-state index contributed by atoms with van der Waals surface area (Å²) in [4.78, 5) is 26.0. The van der Waals surface area contributed by atoms with Gasteiger partial charge in [0, 0.05) is 18.7 Å². The fourth-order valence-electron chi connectivity index (χ4n) is 1.78. The third-order valence-electron chi connectivity index (χ3n) is 3.05. The van der Waals surface area contributed by atoms with Crippen molar-refractivity contribution < 1.29 is 14.8 Å². The summed E-state index contributed by atoms with van der Waals surface area (Å²) < 4.78 is 0. The van der Waals surface area contributed by atoms with Crippen molar-refractivity contribution in [3.63, 3.8) is 0 Å². The van der Waals surface area contributed by atoms with Crippen LogP contribution in [0.15, 0.2) is 12.3 Å². The second-order valence-electron chi connectivity index (χ2n) is 5.69. The highest BCUT2D eigenvalue weighted by Crippen LogP contribution is 2.24. The number of carbonyl (C=O) groups is 1. The number of halogens is 1. The Morgan fingerprint density at radius 2 is 2.19 bits per heavy atom. The summed E-state index contributed by atoms with van der Waals surface area (Å²) in [5, 5.41) is 22.4. The maximum absolute atomic E-state index is 12.2. The number of nitro groups is 1. The molecule has 8 heteroatoms. The molecule has 1 amide bonds. The summed E-state index contributed by atoms with van der Waals surface area (Å²) in [5.41, 5.74) is -0.643. The molecule has 1 aromatic rings. The molecule has 1 heterocycles. The second kappa shape index (κ2) is 6.82. The zero-order valence-electron chi connectivity index (χ0n) is 12.1. The Balaban J connectivity index is 3.02. The van der Waals surface area contributed by atoms with Crippen LogP contribution in [0.5, 0.6) is 0 Å². The summed E-state index contributed by atoms with van der Waals surface area (Å²) in [6.45, 7) is 5.67. The van der Waals surface area contributed by atoms with Crippen molar-refractivity contribution in [3.05, 3.63) is 33.1 Å². The van der Waals surface area contributed by atoms with Gasteiger partial charge in [-0.05, 0) is 11.8 Å². The van der Waals surface area contributed by atoms with E-state index in [1.54, 1.807) is 0 Å². The summed E-state index contributed by atoms with van der Waals surface area (Å²) in [6.07, 6.45) is 1.36. The van der Waals surface area contributed by atoms with E-state index in [1.807, 2.05) is 20.8 Å². The second-order valence-corrected chi connectivity index (χ2v) is 6.05. The van der Waals surface area contributed by atoms with E-state index >= 15 is 0 Å². The molecule has 1 aromatic heterocycles. The van der Waals surface area contributed by atoms with Gasteiger partial charge in [0.25, 0.3) is 11.6 Å². The third kappa shape index (κ3) is 4.64. The van der Waals surface area contributed by atoms with Crippen LogP contribution in [-0.4, -0.2) is 33.6 Å². The molecule has 1 unspecified atom stereocenters. The summed E-state index contributed by atoms with van der Waals surface area (Å²) in [6, 6.07) is 0.786. The molecular weight excluding hydrogens is 298 g/mol. The third-order valence-corrected chi connectivity index (χ3v) is 3.35. The van der Waals surface area contributed by atoms with E-state index in [1.165, 1.54) is 0 Å². The SMILES string of the molecule is CC(C)(C)C(CCO)NC(=O)c1cc([N+](=O)[O-])cnc1Cl. The fraction of sp³-hybridized carbons (Fsp3) is 0.538. The van der Waals surface area contributed by atoms with Gasteiger partial charge >= 0.3 is 0 Å². The molecule has 0 aliphatic carbocycles. The number of nitrogens with zero attached hydrogens (tertiary/aromatic N) is 2. The van der Waals surface area contributed by atoms with Gasteiger partial charge in [0.1, 0.15) is 11.3 Å². The highest BCUT2D eigenvalue weighted by atomic mass is 35.5. The lowest BCUT2D eigenvalue weighted by molar-refractivity contribution is -0.385. The van der Waals surface area contributed by atoms with Gasteiger partial charge in [-0.2, -0.15) is 0 Å². The van der Waals surface area contributed by atoms with Crippen LogP contribution < -0.4 is 5.32 Å². The van der Waals surface area contributed by atoms with E-state index < -0.39 is 10.8 Å². The van der Waals surface area contributed by atoms with Gasteiger partial charge in [-0.1, -0.05) is 32.4 Å². The van der Waals surface area contributed by atoms with Crippen LogP contribution in [0, 0.1) is 15.5 Å². The molecule has 0 saturated carbocycles. The van der Waals surface area contributed by atoms with Crippen LogP contribution in [0.3, 0.4) is 0 Å². The van der Waals surface area contributed by atoms with E-state index in [0.717, 1.165) is 12.3 Å². The van der Waals surface area contributed by atoms with Crippen LogP contribution in [0.25, 0.3) is 0 Å². The Morgan fingerprint density at radius 1 is 1.57 bits per heavy atom. The summed E-state index contributed by atoms with van der Waals surface area (Å²) >= 11 is 5.83. The van der Waals surface area contributed by atoms with Crippen LogP contribution >= 0.6 is 11.6 Å². The van der Waals surface area contributed by atoms with Crippen LogP contribution in [0.1, 0.15) is 37.6 Å². The Kier molecular flexibility index (Phi) is 5.62. The number of pyridine rings is 1. The maximum Gasteiger partial charge on any atom is 0.288 e. The summed E-state index contributed by atoms with van der Waals surface area (Å²) in [7, 11) is 0. The molecule has 1 rings (SSSR count).